The normalized spacial score (nSPS) is 11.7. The van der Waals surface area contributed by atoms with Gasteiger partial charge in [-0.3, -0.25) is 0 Å². The third-order valence-electron chi connectivity index (χ3n) is 3.84. The standard InChI is InChI=1S/C19H24N2O2S2/c1-5-12(3)20-19(24)21-17-16(18(22)23-6-2)15(13(4)25-17)14-10-8-7-9-11-14/h7-12H,5-6H2,1-4H3,(H2,20,21,24). The Hall–Kier alpha value is -1.92. The van der Waals surface area contributed by atoms with Crippen molar-refractivity contribution < 1.29 is 9.53 Å². The number of thiocarbonyl (C=S) groups is 1. The molecule has 0 amide bonds. The quantitative estimate of drug-likeness (QED) is 0.550. The molecule has 6 heteroatoms. The summed E-state index contributed by atoms with van der Waals surface area (Å²) in [6, 6.07) is 10.1. The number of thiophene rings is 1. The summed E-state index contributed by atoms with van der Waals surface area (Å²) in [5, 5.41) is 7.64. The van der Waals surface area contributed by atoms with Crippen LogP contribution in [0.2, 0.25) is 0 Å². The fourth-order valence-electron chi connectivity index (χ4n) is 2.45. The van der Waals surface area contributed by atoms with Gasteiger partial charge in [-0.15, -0.1) is 11.3 Å². The molecule has 0 saturated heterocycles. The van der Waals surface area contributed by atoms with Gasteiger partial charge in [0.05, 0.1) is 6.61 Å². The van der Waals surface area contributed by atoms with E-state index in [9.17, 15) is 4.79 Å². The van der Waals surface area contributed by atoms with E-state index < -0.39 is 0 Å². The van der Waals surface area contributed by atoms with Crippen molar-refractivity contribution in [1.29, 1.82) is 0 Å². The van der Waals surface area contributed by atoms with E-state index in [1.165, 1.54) is 11.3 Å². The number of rotatable bonds is 6. The molecule has 0 aliphatic rings. The number of carbonyl (C=O) groups excluding carboxylic acids is 1. The summed E-state index contributed by atoms with van der Waals surface area (Å²) in [6.45, 7) is 8.30. The third kappa shape index (κ3) is 4.80. The van der Waals surface area contributed by atoms with E-state index in [1.54, 1.807) is 0 Å². The first kappa shape index (κ1) is 19.4. The van der Waals surface area contributed by atoms with Crippen LogP contribution >= 0.6 is 23.6 Å². The van der Waals surface area contributed by atoms with Crippen LogP contribution in [-0.4, -0.2) is 23.7 Å². The van der Waals surface area contributed by atoms with Crippen molar-refractivity contribution in [1.82, 2.24) is 5.32 Å². The first-order chi connectivity index (χ1) is 12.0. The molecular weight excluding hydrogens is 352 g/mol. The van der Waals surface area contributed by atoms with Gasteiger partial charge < -0.3 is 15.4 Å². The zero-order valence-corrected chi connectivity index (χ0v) is 16.6. The first-order valence-corrected chi connectivity index (χ1v) is 9.63. The molecular formula is C19H24N2O2S2. The van der Waals surface area contributed by atoms with Crippen molar-refractivity contribution in [3.63, 3.8) is 0 Å². The topological polar surface area (TPSA) is 50.4 Å². The Morgan fingerprint density at radius 1 is 1.28 bits per heavy atom. The highest BCUT2D eigenvalue weighted by Crippen LogP contribution is 2.40. The van der Waals surface area contributed by atoms with Crippen molar-refractivity contribution in [3.8, 4) is 11.1 Å². The molecule has 1 atom stereocenters. The van der Waals surface area contributed by atoms with Crippen LogP contribution in [0.15, 0.2) is 30.3 Å². The summed E-state index contributed by atoms with van der Waals surface area (Å²) in [4.78, 5) is 13.7. The van der Waals surface area contributed by atoms with Gasteiger partial charge in [-0.25, -0.2) is 4.79 Å². The highest BCUT2D eigenvalue weighted by molar-refractivity contribution is 7.80. The highest BCUT2D eigenvalue weighted by atomic mass is 32.1. The Kier molecular flexibility index (Phi) is 6.96. The fraction of sp³-hybridized carbons (Fsp3) is 0.368. The summed E-state index contributed by atoms with van der Waals surface area (Å²) in [7, 11) is 0. The van der Waals surface area contributed by atoms with E-state index in [4.69, 9.17) is 17.0 Å². The Morgan fingerprint density at radius 2 is 1.96 bits per heavy atom. The summed E-state index contributed by atoms with van der Waals surface area (Å²) < 4.78 is 5.29. The number of esters is 1. The Labute approximate surface area is 158 Å². The molecule has 0 aliphatic carbocycles. The lowest BCUT2D eigenvalue weighted by Gasteiger charge is -2.15. The van der Waals surface area contributed by atoms with Crippen molar-refractivity contribution in [2.75, 3.05) is 11.9 Å². The van der Waals surface area contributed by atoms with Crippen LogP contribution in [0.5, 0.6) is 0 Å². The van der Waals surface area contributed by atoms with Crippen LogP contribution in [0.25, 0.3) is 11.1 Å². The van der Waals surface area contributed by atoms with Gasteiger partial charge in [-0.1, -0.05) is 37.3 Å². The van der Waals surface area contributed by atoms with Gasteiger partial charge in [0.15, 0.2) is 5.11 Å². The average molecular weight is 377 g/mol. The first-order valence-electron chi connectivity index (χ1n) is 8.41. The van der Waals surface area contributed by atoms with Crippen molar-refractivity contribution >= 4 is 39.6 Å². The molecule has 1 heterocycles. The second kappa shape index (κ2) is 8.97. The van der Waals surface area contributed by atoms with Gasteiger partial charge in [0.2, 0.25) is 0 Å². The molecule has 1 aromatic carbocycles. The molecule has 2 rings (SSSR count). The molecule has 4 nitrogen and oxygen atoms in total. The minimum atomic E-state index is -0.334. The number of benzene rings is 1. The van der Waals surface area contributed by atoms with Crippen molar-refractivity contribution in [2.24, 2.45) is 0 Å². The number of nitrogens with one attached hydrogen (secondary N) is 2. The highest BCUT2D eigenvalue weighted by Gasteiger charge is 2.24. The molecule has 0 fully saturated rings. The van der Waals surface area contributed by atoms with E-state index >= 15 is 0 Å². The van der Waals surface area contributed by atoms with Crippen LogP contribution < -0.4 is 10.6 Å². The molecule has 25 heavy (non-hydrogen) atoms. The summed E-state index contributed by atoms with van der Waals surface area (Å²) in [6.07, 6.45) is 0.964. The van der Waals surface area contributed by atoms with Gasteiger partial charge in [-0.05, 0) is 45.0 Å². The van der Waals surface area contributed by atoms with Gasteiger partial charge in [0.1, 0.15) is 10.6 Å². The summed E-state index contributed by atoms with van der Waals surface area (Å²) >= 11 is 6.90. The van der Waals surface area contributed by atoms with Crippen LogP contribution in [0.1, 0.15) is 42.4 Å². The summed E-state index contributed by atoms with van der Waals surface area (Å²) in [5.41, 5.74) is 2.44. The van der Waals surface area contributed by atoms with Crippen LogP contribution in [0.4, 0.5) is 5.00 Å². The average Bonchev–Trinajstić information content (AvgIpc) is 2.91. The number of hydrogen-bond donors (Lipinski definition) is 2. The SMILES string of the molecule is CCOC(=O)c1c(NC(=S)NC(C)CC)sc(C)c1-c1ccccc1. The molecule has 2 N–H and O–H groups in total. The second-order valence-electron chi connectivity index (χ2n) is 5.73. The van der Waals surface area contributed by atoms with Crippen molar-refractivity contribution in [3.05, 3.63) is 40.8 Å². The fourth-order valence-corrected chi connectivity index (χ4v) is 3.88. The van der Waals surface area contributed by atoms with Gasteiger partial charge >= 0.3 is 5.97 Å². The lowest BCUT2D eigenvalue weighted by Crippen LogP contribution is -2.35. The number of ether oxygens (including phenoxy) is 1. The minimum Gasteiger partial charge on any atom is -0.462 e. The maximum absolute atomic E-state index is 12.6. The predicted octanol–water partition coefficient (Wildman–Crippen LogP) is 4.99. The molecule has 0 aliphatic heterocycles. The maximum Gasteiger partial charge on any atom is 0.341 e. The van der Waals surface area contributed by atoms with E-state index in [1.807, 2.05) is 44.2 Å². The monoisotopic (exact) mass is 376 g/mol. The molecule has 0 spiro atoms. The lowest BCUT2D eigenvalue weighted by atomic mass is 10.0. The lowest BCUT2D eigenvalue weighted by molar-refractivity contribution is 0.0529. The zero-order valence-electron chi connectivity index (χ0n) is 15.0. The van der Waals surface area contributed by atoms with E-state index in [0.29, 0.717) is 17.3 Å². The van der Waals surface area contributed by atoms with Crippen molar-refractivity contribution in [2.45, 2.75) is 40.2 Å². The zero-order chi connectivity index (χ0) is 18.4. The van der Waals surface area contributed by atoms with E-state index in [0.717, 1.165) is 27.4 Å². The van der Waals surface area contributed by atoms with Gasteiger partial charge in [0, 0.05) is 16.5 Å². The number of aryl methyl sites for hydroxylation is 1. The molecule has 0 radical (unpaired) electrons. The Morgan fingerprint density at radius 3 is 2.56 bits per heavy atom. The van der Waals surface area contributed by atoms with Crippen LogP contribution in [0, 0.1) is 6.92 Å². The molecule has 0 saturated carbocycles. The minimum absolute atomic E-state index is 0.265. The maximum atomic E-state index is 12.6. The summed E-state index contributed by atoms with van der Waals surface area (Å²) in [5.74, 6) is -0.334. The van der Waals surface area contributed by atoms with Gasteiger partial charge in [-0.2, -0.15) is 0 Å². The Balaban J connectivity index is 2.43. The molecule has 2 aromatic rings. The molecule has 134 valence electrons. The Bertz CT molecular complexity index is 741. The molecule has 1 unspecified atom stereocenters. The largest absolute Gasteiger partial charge is 0.462 e. The molecule has 1 aromatic heterocycles. The third-order valence-corrected chi connectivity index (χ3v) is 5.08. The number of hydrogen-bond acceptors (Lipinski definition) is 4. The second-order valence-corrected chi connectivity index (χ2v) is 7.36. The smallest absolute Gasteiger partial charge is 0.341 e. The van der Waals surface area contributed by atoms with Crippen LogP contribution in [0.3, 0.4) is 0 Å². The predicted molar refractivity (Wildman–Crippen MR) is 110 cm³/mol. The number of anilines is 1. The van der Waals surface area contributed by atoms with Crippen LogP contribution in [-0.2, 0) is 4.74 Å². The van der Waals surface area contributed by atoms with E-state index in [2.05, 4.69) is 24.5 Å². The number of carbonyl (C=O) groups is 1. The van der Waals surface area contributed by atoms with Gasteiger partial charge in [0.25, 0.3) is 0 Å². The molecule has 0 bridgehead atoms. The van der Waals surface area contributed by atoms with E-state index in [-0.39, 0.29) is 12.0 Å².